The number of carbonyl (C=O) groups is 1. The van der Waals surface area contributed by atoms with Gasteiger partial charge in [0.1, 0.15) is 23.8 Å². The van der Waals surface area contributed by atoms with Gasteiger partial charge in [0.25, 0.3) is 0 Å². The van der Waals surface area contributed by atoms with E-state index in [-0.39, 0.29) is 17.8 Å². The molecule has 0 aliphatic heterocycles. The highest BCUT2D eigenvalue weighted by molar-refractivity contribution is 5.69. The summed E-state index contributed by atoms with van der Waals surface area (Å²) in [6, 6.07) is 14.3. The molecule has 0 unspecified atom stereocenters. The lowest BCUT2D eigenvalue weighted by atomic mass is 10.1. The Hall–Kier alpha value is -2.56. The second-order valence-corrected chi connectivity index (χ2v) is 7.55. The molecule has 0 aromatic heterocycles. The SMILES string of the molecule is CC(C)(C)OC(=O)N[C@@H]1C[C@H]1c1cc(F)ccc1OCc1ccccc1. The molecule has 138 valence electrons. The maximum atomic E-state index is 13.7. The summed E-state index contributed by atoms with van der Waals surface area (Å²) >= 11 is 0. The fourth-order valence-corrected chi connectivity index (χ4v) is 2.83. The number of nitrogens with one attached hydrogen (secondary N) is 1. The average Bonchev–Trinajstić information content (AvgIpc) is 3.31. The summed E-state index contributed by atoms with van der Waals surface area (Å²) in [6.07, 6.45) is 0.290. The molecule has 4 nitrogen and oxygen atoms in total. The van der Waals surface area contributed by atoms with Crippen LogP contribution in [0.2, 0.25) is 0 Å². The van der Waals surface area contributed by atoms with Crippen LogP contribution in [0.4, 0.5) is 9.18 Å². The van der Waals surface area contributed by atoms with Crippen LogP contribution in [0, 0.1) is 5.82 Å². The van der Waals surface area contributed by atoms with Crippen molar-refractivity contribution in [2.45, 2.75) is 51.4 Å². The van der Waals surface area contributed by atoms with Crippen molar-refractivity contribution in [1.82, 2.24) is 5.32 Å². The summed E-state index contributed by atoms with van der Waals surface area (Å²) in [7, 11) is 0. The van der Waals surface area contributed by atoms with Gasteiger partial charge in [-0.1, -0.05) is 30.3 Å². The standard InChI is InChI=1S/C21H24FNO3/c1-21(2,3)26-20(24)23-18-12-16(18)17-11-15(22)9-10-19(17)25-13-14-7-5-4-6-8-14/h4-11,16,18H,12-13H2,1-3H3,(H,23,24)/t16-,18+/m0/s1. The highest BCUT2D eigenvalue weighted by Crippen LogP contribution is 2.45. The molecule has 2 aromatic carbocycles. The van der Waals surface area contributed by atoms with Crippen LogP contribution in [-0.2, 0) is 11.3 Å². The molecule has 0 heterocycles. The summed E-state index contributed by atoms with van der Waals surface area (Å²) in [5.74, 6) is 0.368. The van der Waals surface area contributed by atoms with E-state index in [9.17, 15) is 9.18 Å². The first-order valence-electron chi connectivity index (χ1n) is 8.77. The first kappa shape index (κ1) is 18.2. The van der Waals surface area contributed by atoms with E-state index in [1.54, 1.807) is 6.07 Å². The van der Waals surface area contributed by atoms with Crippen LogP contribution in [-0.4, -0.2) is 17.7 Å². The van der Waals surface area contributed by atoms with Crippen molar-refractivity contribution in [3.8, 4) is 5.75 Å². The second-order valence-electron chi connectivity index (χ2n) is 7.55. The zero-order valence-corrected chi connectivity index (χ0v) is 15.3. The van der Waals surface area contributed by atoms with E-state index in [1.165, 1.54) is 12.1 Å². The Morgan fingerprint density at radius 1 is 1.19 bits per heavy atom. The molecule has 1 N–H and O–H groups in total. The molecule has 0 bridgehead atoms. The van der Waals surface area contributed by atoms with Gasteiger partial charge in [-0.2, -0.15) is 0 Å². The van der Waals surface area contributed by atoms with E-state index in [4.69, 9.17) is 9.47 Å². The summed E-state index contributed by atoms with van der Waals surface area (Å²) in [4.78, 5) is 11.9. The molecule has 1 saturated carbocycles. The fourth-order valence-electron chi connectivity index (χ4n) is 2.83. The Kier molecular flexibility index (Phi) is 5.16. The predicted octanol–water partition coefficient (Wildman–Crippen LogP) is 4.79. The number of alkyl carbamates (subject to hydrolysis) is 1. The van der Waals surface area contributed by atoms with Gasteiger partial charge in [-0.25, -0.2) is 9.18 Å². The fraction of sp³-hybridized carbons (Fsp3) is 0.381. The van der Waals surface area contributed by atoms with Crippen LogP contribution in [0.15, 0.2) is 48.5 Å². The molecule has 0 radical (unpaired) electrons. The molecule has 1 aliphatic rings. The molecule has 0 spiro atoms. The highest BCUT2D eigenvalue weighted by atomic mass is 19.1. The van der Waals surface area contributed by atoms with Crippen LogP contribution in [0.1, 0.15) is 44.2 Å². The third-order valence-electron chi connectivity index (χ3n) is 4.10. The lowest BCUT2D eigenvalue weighted by Crippen LogP contribution is -2.34. The number of rotatable bonds is 5. The van der Waals surface area contributed by atoms with Gasteiger partial charge < -0.3 is 14.8 Å². The van der Waals surface area contributed by atoms with Crippen molar-refractivity contribution < 1.29 is 18.7 Å². The number of hydrogen-bond donors (Lipinski definition) is 1. The number of carbonyl (C=O) groups excluding carboxylic acids is 1. The molecule has 1 fully saturated rings. The molecular formula is C21H24FNO3. The first-order valence-corrected chi connectivity index (χ1v) is 8.77. The first-order chi connectivity index (χ1) is 12.3. The Bertz CT molecular complexity index is 771. The summed E-state index contributed by atoms with van der Waals surface area (Å²) in [6.45, 7) is 5.87. The van der Waals surface area contributed by atoms with Crippen LogP contribution >= 0.6 is 0 Å². The molecule has 26 heavy (non-hydrogen) atoms. The van der Waals surface area contributed by atoms with E-state index in [2.05, 4.69) is 5.32 Å². The van der Waals surface area contributed by atoms with Gasteiger partial charge in [0.05, 0.1) is 0 Å². The normalized spacial score (nSPS) is 18.9. The molecule has 2 atom stereocenters. The van der Waals surface area contributed by atoms with E-state index in [0.717, 1.165) is 17.5 Å². The van der Waals surface area contributed by atoms with Gasteiger partial charge in [0, 0.05) is 17.5 Å². The third kappa shape index (κ3) is 4.97. The number of amides is 1. The molecule has 0 saturated heterocycles. The third-order valence-corrected chi connectivity index (χ3v) is 4.10. The molecular weight excluding hydrogens is 333 g/mol. The largest absolute Gasteiger partial charge is 0.489 e. The Morgan fingerprint density at radius 2 is 1.92 bits per heavy atom. The van der Waals surface area contributed by atoms with Crippen LogP contribution in [0.5, 0.6) is 5.75 Å². The molecule has 5 heteroatoms. The van der Waals surface area contributed by atoms with Crippen molar-refractivity contribution >= 4 is 6.09 Å². The van der Waals surface area contributed by atoms with E-state index in [1.807, 2.05) is 51.1 Å². The molecule has 1 aliphatic carbocycles. The van der Waals surface area contributed by atoms with Crippen LogP contribution in [0.3, 0.4) is 0 Å². The van der Waals surface area contributed by atoms with Gasteiger partial charge >= 0.3 is 6.09 Å². The molecule has 3 rings (SSSR count). The minimum Gasteiger partial charge on any atom is -0.489 e. The van der Waals surface area contributed by atoms with Crippen LogP contribution in [0.25, 0.3) is 0 Å². The van der Waals surface area contributed by atoms with Gasteiger partial charge in [-0.3, -0.25) is 0 Å². The Morgan fingerprint density at radius 3 is 2.62 bits per heavy atom. The van der Waals surface area contributed by atoms with Crippen LogP contribution < -0.4 is 10.1 Å². The average molecular weight is 357 g/mol. The van der Waals surface area contributed by atoms with E-state index >= 15 is 0 Å². The van der Waals surface area contributed by atoms with Crippen molar-refractivity contribution in [1.29, 1.82) is 0 Å². The minimum atomic E-state index is -0.544. The Balaban J connectivity index is 1.65. The summed E-state index contributed by atoms with van der Waals surface area (Å²) < 4.78 is 24.9. The zero-order chi connectivity index (χ0) is 18.7. The molecule has 1 amide bonds. The van der Waals surface area contributed by atoms with Gasteiger partial charge in [0.15, 0.2) is 0 Å². The van der Waals surface area contributed by atoms with Crippen molar-refractivity contribution in [2.24, 2.45) is 0 Å². The highest BCUT2D eigenvalue weighted by Gasteiger charge is 2.42. The maximum absolute atomic E-state index is 13.7. The van der Waals surface area contributed by atoms with Crippen molar-refractivity contribution in [2.75, 3.05) is 0 Å². The van der Waals surface area contributed by atoms with Gasteiger partial charge in [-0.15, -0.1) is 0 Å². The van der Waals surface area contributed by atoms with Crippen molar-refractivity contribution in [3.05, 3.63) is 65.5 Å². The summed E-state index contributed by atoms with van der Waals surface area (Å²) in [5.41, 5.74) is 1.28. The quantitative estimate of drug-likeness (QED) is 0.837. The minimum absolute atomic E-state index is 0.0315. The number of halogens is 1. The number of ether oxygens (including phenoxy) is 2. The molecule has 2 aromatic rings. The monoisotopic (exact) mass is 357 g/mol. The lowest BCUT2D eigenvalue weighted by Gasteiger charge is -2.19. The Labute approximate surface area is 153 Å². The zero-order valence-electron chi connectivity index (χ0n) is 15.3. The van der Waals surface area contributed by atoms with E-state index < -0.39 is 11.7 Å². The summed E-state index contributed by atoms with van der Waals surface area (Å²) in [5, 5.41) is 2.84. The van der Waals surface area contributed by atoms with Gasteiger partial charge in [-0.05, 0) is 51.0 Å². The van der Waals surface area contributed by atoms with E-state index in [0.29, 0.717) is 12.4 Å². The number of benzene rings is 2. The maximum Gasteiger partial charge on any atom is 0.407 e. The van der Waals surface area contributed by atoms with Gasteiger partial charge in [0.2, 0.25) is 0 Å². The smallest absolute Gasteiger partial charge is 0.407 e. The van der Waals surface area contributed by atoms with Crippen molar-refractivity contribution in [3.63, 3.8) is 0 Å². The lowest BCUT2D eigenvalue weighted by molar-refractivity contribution is 0.0522. The predicted molar refractivity (Wildman–Crippen MR) is 97.7 cm³/mol. The second kappa shape index (κ2) is 7.36. The topological polar surface area (TPSA) is 47.6 Å². The number of hydrogen-bond acceptors (Lipinski definition) is 3.